The topological polar surface area (TPSA) is 56.1 Å². The second-order valence-corrected chi connectivity index (χ2v) is 6.97. The van der Waals surface area contributed by atoms with Crippen LogP contribution in [0.5, 0.6) is 0 Å². The predicted octanol–water partition coefficient (Wildman–Crippen LogP) is 2.85. The number of piperidine rings is 1. The van der Waals surface area contributed by atoms with Crippen molar-refractivity contribution < 1.29 is 17.9 Å². The lowest BCUT2D eigenvalue weighted by Gasteiger charge is -2.50. The van der Waals surface area contributed by atoms with Crippen LogP contribution in [-0.4, -0.2) is 52.2 Å². The van der Waals surface area contributed by atoms with Gasteiger partial charge in [-0.15, -0.1) is 0 Å². The van der Waals surface area contributed by atoms with E-state index in [-0.39, 0.29) is 6.42 Å². The summed E-state index contributed by atoms with van der Waals surface area (Å²) < 4.78 is 47.9. The molecule has 4 heterocycles. The summed E-state index contributed by atoms with van der Waals surface area (Å²) in [5, 5.41) is 4.13. The van der Waals surface area contributed by atoms with Crippen molar-refractivity contribution in [3.8, 4) is 5.82 Å². The van der Waals surface area contributed by atoms with E-state index in [1.165, 1.54) is 0 Å². The molecule has 0 amide bonds. The predicted molar refractivity (Wildman–Crippen MR) is 88.0 cm³/mol. The van der Waals surface area contributed by atoms with Crippen LogP contribution in [0.3, 0.4) is 0 Å². The maximum Gasteiger partial charge on any atom is 0.392 e. The normalized spacial score (nSPS) is 23.3. The van der Waals surface area contributed by atoms with Crippen molar-refractivity contribution in [3.63, 3.8) is 0 Å². The molecule has 2 saturated heterocycles. The van der Waals surface area contributed by atoms with E-state index in [1.807, 2.05) is 4.90 Å². The minimum Gasteiger partial charge on any atom is -0.381 e. The third kappa shape index (κ3) is 3.15. The first-order chi connectivity index (χ1) is 12.5. The summed E-state index contributed by atoms with van der Waals surface area (Å²) in [6.45, 7) is 1.38. The highest BCUT2D eigenvalue weighted by atomic mass is 19.4. The molecule has 9 heteroatoms. The van der Waals surface area contributed by atoms with E-state index in [1.54, 1.807) is 35.5 Å². The summed E-state index contributed by atoms with van der Waals surface area (Å²) in [5.41, 5.74) is -0.821. The molecule has 1 spiro atoms. The monoisotopic (exact) mass is 367 g/mol. The molecule has 2 aromatic rings. The van der Waals surface area contributed by atoms with Gasteiger partial charge >= 0.3 is 6.18 Å². The molecule has 0 N–H and O–H groups in total. The maximum absolute atomic E-state index is 13.7. The highest BCUT2D eigenvalue weighted by Crippen LogP contribution is 2.51. The van der Waals surface area contributed by atoms with Crippen LogP contribution in [0.1, 0.15) is 19.3 Å². The standard InChI is InChI=1S/C17H20F3N5O/c18-17(19,20)13-2-7-24(12-16(13)3-8-26-9-4-16)14-10-21-11-15(23-14)25-6-1-5-22-25/h1,5-6,10-11,13H,2-4,7-9,12H2. The molecule has 0 aromatic carbocycles. The Morgan fingerprint density at radius 3 is 2.62 bits per heavy atom. The molecule has 1 atom stereocenters. The smallest absolute Gasteiger partial charge is 0.381 e. The van der Waals surface area contributed by atoms with E-state index >= 15 is 0 Å². The van der Waals surface area contributed by atoms with Crippen molar-refractivity contribution in [1.29, 1.82) is 0 Å². The summed E-state index contributed by atoms with van der Waals surface area (Å²) >= 11 is 0. The Labute approximate surface area is 149 Å². The van der Waals surface area contributed by atoms with Crippen molar-refractivity contribution in [2.45, 2.75) is 25.4 Å². The average molecular weight is 367 g/mol. The fourth-order valence-electron chi connectivity index (χ4n) is 4.16. The molecule has 0 bridgehead atoms. The van der Waals surface area contributed by atoms with E-state index < -0.39 is 17.5 Å². The lowest BCUT2D eigenvalue weighted by Crippen LogP contribution is -2.55. The third-order valence-electron chi connectivity index (χ3n) is 5.49. The van der Waals surface area contributed by atoms with Crippen LogP contribution in [0.15, 0.2) is 30.9 Å². The molecule has 2 aromatic heterocycles. The molecule has 2 aliphatic rings. The number of rotatable bonds is 2. The molecule has 4 rings (SSSR count). The largest absolute Gasteiger partial charge is 0.392 e. The van der Waals surface area contributed by atoms with Gasteiger partial charge in [0.15, 0.2) is 5.82 Å². The van der Waals surface area contributed by atoms with Crippen molar-refractivity contribution in [3.05, 3.63) is 30.9 Å². The number of alkyl halides is 3. The zero-order chi connectivity index (χ0) is 18.2. The molecule has 0 aliphatic carbocycles. The maximum atomic E-state index is 13.7. The number of hydrogen-bond donors (Lipinski definition) is 0. The van der Waals surface area contributed by atoms with Gasteiger partial charge in [0.2, 0.25) is 0 Å². The van der Waals surface area contributed by atoms with E-state index in [0.717, 1.165) is 0 Å². The van der Waals surface area contributed by atoms with Crippen LogP contribution < -0.4 is 4.90 Å². The number of halogens is 3. The minimum absolute atomic E-state index is 0.0666. The number of hydrogen-bond acceptors (Lipinski definition) is 5. The van der Waals surface area contributed by atoms with Gasteiger partial charge in [-0.1, -0.05) is 0 Å². The number of aromatic nitrogens is 4. The van der Waals surface area contributed by atoms with Gasteiger partial charge in [-0.2, -0.15) is 18.3 Å². The summed E-state index contributed by atoms with van der Waals surface area (Å²) in [7, 11) is 0. The highest BCUT2D eigenvalue weighted by molar-refractivity contribution is 5.40. The van der Waals surface area contributed by atoms with Crippen molar-refractivity contribution in [1.82, 2.24) is 19.7 Å². The molecule has 0 saturated carbocycles. The zero-order valence-corrected chi connectivity index (χ0v) is 14.2. The van der Waals surface area contributed by atoms with Crippen LogP contribution >= 0.6 is 0 Å². The van der Waals surface area contributed by atoms with Gasteiger partial charge in [0, 0.05) is 44.1 Å². The highest BCUT2D eigenvalue weighted by Gasteiger charge is 2.56. The Hall–Kier alpha value is -2.16. The lowest BCUT2D eigenvalue weighted by molar-refractivity contribution is -0.223. The second kappa shape index (κ2) is 6.53. The molecular formula is C17H20F3N5O. The van der Waals surface area contributed by atoms with E-state index in [0.29, 0.717) is 50.8 Å². The molecule has 1 unspecified atom stereocenters. The molecule has 0 radical (unpaired) electrons. The first kappa shape index (κ1) is 17.3. The van der Waals surface area contributed by atoms with Gasteiger partial charge in [-0.05, 0) is 25.3 Å². The molecule has 2 aliphatic heterocycles. The fraction of sp³-hybridized carbons (Fsp3) is 0.588. The number of anilines is 1. The van der Waals surface area contributed by atoms with Crippen LogP contribution in [0, 0.1) is 11.3 Å². The SMILES string of the molecule is FC(F)(F)C1CCN(c2cncc(-n3cccn3)n2)CC12CCOCC2. The van der Waals surface area contributed by atoms with E-state index in [9.17, 15) is 13.2 Å². The first-order valence-electron chi connectivity index (χ1n) is 8.69. The third-order valence-corrected chi connectivity index (χ3v) is 5.49. The Bertz CT molecular complexity index is 743. The van der Waals surface area contributed by atoms with Crippen molar-refractivity contribution in [2.24, 2.45) is 11.3 Å². The quantitative estimate of drug-likeness (QED) is 0.817. The molecule has 26 heavy (non-hydrogen) atoms. The summed E-state index contributed by atoms with van der Waals surface area (Å²) in [6.07, 6.45) is 3.30. The van der Waals surface area contributed by atoms with Crippen LogP contribution in [-0.2, 0) is 4.74 Å². The Kier molecular flexibility index (Phi) is 4.34. The number of ether oxygens (including phenoxy) is 1. The second-order valence-electron chi connectivity index (χ2n) is 6.97. The lowest BCUT2D eigenvalue weighted by atomic mass is 9.66. The number of nitrogens with zero attached hydrogens (tertiary/aromatic N) is 5. The van der Waals surface area contributed by atoms with E-state index in [2.05, 4.69) is 15.1 Å². The van der Waals surface area contributed by atoms with Crippen LogP contribution in [0.4, 0.5) is 19.0 Å². The van der Waals surface area contributed by atoms with Gasteiger partial charge in [0.25, 0.3) is 0 Å². The molecule has 6 nitrogen and oxygen atoms in total. The van der Waals surface area contributed by atoms with Gasteiger partial charge in [-0.25, -0.2) is 9.67 Å². The Morgan fingerprint density at radius 2 is 1.92 bits per heavy atom. The summed E-state index contributed by atoms with van der Waals surface area (Å²) in [5.74, 6) is -0.159. The van der Waals surface area contributed by atoms with Crippen LogP contribution in [0.25, 0.3) is 5.82 Å². The van der Waals surface area contributed by atoms with Gasteiger partial charge in [-0.3, -0.25) is 4.98 Å². The van der Waals surface area contributed by atoms with Gasteiger partial charge < -0.3 is 9.64 Å². The Balaban J connectivity index is 1.62. The van der Waals surface area contributed by atoms with Crippen molar-refractivity contribution >= 4 is 5.82 Å². The van der Waals surface area contributed by atoms with Gasteiger partial charge in [0.1, 0.15) is 5.82 Å². The molecule has 2 fully saturated rings. The van der Waals surface area contributed by atoms with E-state index in [4.69, 9.17) is 4.74 Å². The van der Waals surface area contributed by atoms with Crippen LogP contribution in [0.2, 0.25) is 0 Å². The van der Waals surface area contributed by atoms with Gasteiger partial charge in [0.05, 0.1) is 18.3 Å². The molecule has 140 valence electrons. The summed E-state index contributed by atoms with van der Waals surface area (Å²) in [6, 6.07) is 1.78. The zero-order valence-electron chi connectivity index (χ0n) is 14.2. The first-order valence-corrected chi connectivity index (χ1v) is 8.69. The summed E-state index contributed by atoms with van der Waals surface area (Å²) in [4.78, 5) is 10.7. The van der Waals surface area contributed by atoms with Crippen molar-refractivity contribution in [2.75, 3.05) is 31.2 Å². The fourth-order valence-corrected chi connectivity index (χ4v) is 4.16. The average Bonchev–Trinajstić information content (AvgIpc) is 3.16. The minimum atomic E-state index is -4.19. The Morgan fingerprint density at radius 1 is 1.15 bits per heavy atom. The molecular weight excluding hydrogens is 347 g/mol.